The molecular weight excluding hydrogens is 235 g/mol. The fraction of sp³-hybridized carbons (Fsp3) is 0.750. The summed E-state index contributed by atoms with van der Waals surface area (Å²) >= 11 is 1.91. The van der Waals surface area contributed by atoms with E-state index in [-0.39, 0.29) is 5.91 Å². The van der Waals surface area contributed by atoms with E-state index >= 15 is 0 Å². The van der Waals surface area contributed by atoms with E-state index in [9.17, 15) is 4.79 Å². The highest BCUT2D eigenvalue weighted by atomic mass is 127. The molecule has 0 aliphatic heterocycles. The Hall–Kier alpha value is 0.120. The minimum atomic E-state index is -0.463. The summed E-state index contributed by atoms with van der Waals surface area (Å²) in [5.41, 5.74) is 1.15. The molecule has 0 aromatic carbocycles. The maximum atomic E-state index is 10.7. The molecule has 0 bridgehead atoms. The van der Waals surface area contributed by atoms with Gasteiger partial charge in [0.15, 0.2) is 0 Å². The standard InChI is InChI=1S/C4H7IN2O2/c5-7-4(1-2-4)3(8)6-9/h7,9H,1-2H2,(H,6,8). The number of hydrogen-bond donors (Lipinski definition) is 3. The molecule has 0 spiro atoms. The van der Waals surface area contributed by atoms with Crippen LogP contribution in [0.1, 0.15) is 12.8 Å². The number of hydroxylamine groups is 1. The molecule has 1 rings (SSSR count). The molecule has 4 nitrogen and oxygen atoms in total. The van der Waals surface area contributed by atoms with Crippen LogP contribution < -0.4 is 9.01 Å². The van der Waals surface area contributed by atoms with Gasteiger partial charge in [0.2, 0.25) is 0 Å². The second-order valence-corrected chi connectivity index (χ2v) is 2.66. The van der Waals surface area contributed by atoms with Crippen LogP contribution in [-0.4, -0.2) is 16.7 Å². The number of halogens is 1. The largest absolute Gasteiger partial charge is 0.289 e. The third kappa shape index (κ3) is 1.17. The van der Waals surface area contributed by atoms with E-state index in [2.05, 4.69) is 3.53 Å². The third-order valence-corrected chi connectivity index (χ3v) is 2.50. The van der Waals surface area contributed by atoms with Crippen LogP contribution in [-0.2, 0) is 4.79 Å². The van der Waals surface area contributed by atoms with E-state index in [1.807, 2.05) is 22.9 Å². The highest BCUT2D eigenvalue weighted by Crippen LogP contribution is 2.36. The first-order valence-electron chi connectivity index (χ1n) is 2.57. The summed E-state index contributed by atoms with van der Waals surface area (Å²) in [4.78, 5) is 10.7. The highest BCUT2D eigenvalue weighted by molar-refractivity contribution is 14.1. The van der Waals surface area contributed by atoms with Gasteiger partial charge in [0.05, 0.1) is 0 Å². The number of carbonyl (C=O) groups excluding carboxylic acids is 1. The summed E-state index contributed by atoms with van der Waals surface area (Å²) in [7, 11) is 0. The van der Waals surface area contributed by atoms with Crippen LogP contribution in [0.4, 0.5) is 0 Å². The van der Waals surface area contributed by atoms with Crippen LogP contribution in [0.15, 0.2) is 0 Å². The molecule has 1 amide bonds. The molecule has 0 aromatic heterocycles. The Bertz CT molecular complexity index is 135. The zero-order chi connectivity index (χ0) is 6.91. The van der Waals surface area contributed by atoms with E-state index in [0.29, 0.717) is 0 Å². The molecule has 1 fully saturated rings. The number of rotatable bonds is 2. The zero-order valence-corrected chi connectivity index (χ0v) is 6.81. The van der Waals surface area contributed by atoms with Gasteiger partial charge >= 0.3 is 0 Å². The van der Waals surface area contributed by atoms with E-state index < -0.39 is 5.54 Å². The molecule has 0 aromatic rings. The number of amides is 1. The molecule has 1 aliphatic rings. The molecule has 0 heterocycles. The van der Waals surface area contributed by atoms with Gasteiger partial charge < -0.3 is 0 Å². The lowest BCUT2D eigenvalue weighted by molar-refractivity contribution is -0.131. The first-order chi connectivity index (χ1) is 4.25. The summed E-state index contributed by atoms with van der Waals surface area (Å²) in [6.07, 6.45) is 1.62. The number of carbonyl (C=O) groups is 1. The second kappa shape index (κ2) is 2.39. The van der Waals surface area contributed by atoms with Gasteiger partial charge in [-0.05, 0) is 12.8 Å². The van der Waals surface area contributed by atoms with Gasteiger partial charge in [0.25, 0.3) is 5.91 Å². The maximum absolute atomic E-state index is 10.7. The fourth-order valence-corrected chi connectivity index (χ4v) is 1.38. The van der Waals surface area contributed by atoms with Gasteiger partial charge in [-0.2, -0.15) is 0 Å². The smallest absolute Gasteiger partial charge is 0.264 e. The Morgan fingerprint density at radius 2 is 2.22 bits per heavy atom. The van der Waals surface area contributed by atoms with Crippen molar-refractivity contribution >= 4 is 28.8 Å². The molecule has 5 heteroatoms. The second-order valence-electron chi connectivity index (χ2n) is 2.12. The summed E-state index contributed by atoms with van der Waals surface area (Å²) in [6.45, 7) is 0. The Labute approximate surface area is 66.5 Å². The Balaban J connectivity index is 2.49. The van der Waals surface area contributed by atoms with Crippen LogP contribution >= 0.6 is 22.9 Å². The predicted octanol–water partition coefficient (Wildman–Crippen LogP) is -0.0360. The Morgan fingerprint density at radius 1 is 1.67 bits per heavy atom. The molecule has 0 saturated heterocycles. The van der Waals surface area contributed by atoms with Crippen LogP contribution in [0.2, 0.25) is 0 Å². The summed E-state index contributed by atoms with van der Waals surface area (Å²) in [5.74, 6) is -0.336. The lowest BCUT2D eigenvalue weighted by Crippen LogP contribution is -2.40. The van der Waals surface area contributed by atoms with Crippen LogP contribution in [0, 0.1) is 0 Å². The third-order valence-electron chi connectivity index (χ3n) is 1.47. The minimum absolute atomic E-state index is 0.336. The van der Waals surface area contributed by atoms with Crippen LogP contribution in [0.3, 0.4) is 0 Å². The van der Waals surface area contributed by atoms with E-state index in [1.165, 1.54) is 0 Å². The zero-order valence-electron chi connectivity index (χ0n) is 4.65. The molecule has 0 radical (unpaired) electrons. The highest BCUT2D eigenvalue weighted by Gasteiger charge is 2.49. The van der Waals surface area contributed by atoms with Crippen molar-refractivity contribution in [1.82, 2.24) is 9.01 Å². The van der Waals surface area contributed by atoms with Gasteiger partial charge in [0, 0.05) is 22.9 Å². The van der Waals surface area contributed by atoms with Crippen LogP contribution in [0.5, 0.6) is 0 Å². The average molecular weight is 242 g/mol. The Morgan fingerprint density at radius 3 is 2.33 bits per heavy atom. The number of nitrogens with one attached hydrogen (secondary N) is 2. The minimum Gasteiger partial charge on any atom is -0.289 e. The van der Waals surface area contributed by atoms with Gasteiger partial charge in [0.1, 0.15) is 5.54 Å². The topological polar surface area (TPSA) is 61.4 Å². The summed E-state index contributed by atoms with van der Waals surface area (Å²) < 4.78 is 2.80. The molecular formula is C4H7IN2O2. The fourth-order valence-electron chi connectivity index (χ4n) is 0.596. The lowest BCUT2D eigenvalue weighted by atomic mass is 10.3. The van der Waals surface area contributed by atoms with Crippen molar-refractivity contribution in [3.05, 3.63) is 0 Å². The molecule has 3 N–H and O–H groups in total. The molecule has 0 unspecified atom stereocenters. The molecule has 9 heavy (non-hydrogen) atoms. The summed E-state index contributed by atoms with van der Waals surface area (Å²) in [6, 6.07) is 0. The van der Waals surface area contributed by atoms with Crippen molar-refractivity contribution < 1.29 is 10.0 Å². The van der Waals surface area contributed by atoms with Crippen molar-refractivity contribution in [2.24, 2.45) is 0 Å². The van der Waals surface area contributed by atoms with Crippen molar-refractivity contribution in [2.45, 2.75) is 18.4 Å². The number of hydrogen-bond acceptors (Lipinski definition) is 3. The van der Waals surface area contributed by atoms with Crippen molar-refractivity contribution in [3.63, 3.8) is 0 Å². The van der Waals surface area contributed by atoms with Crippen LogP contribution in [0.25, 0.3) is 0 Å². The van der Waals surface area contributed by atoms with Crippen molar-refractivity contribution in [2.75, 3.05) is 0 Å². The first kappa shape index (κ1) is 7.23. The molecule has 1 aliphatic carbocycles. The van der Waals surface area contributed by atoms with Gasteiger partial charge in [-0.25, -0.2) is 9.01 Å². The maximum Gasteiger partial charge on any atom is 0.264 e. The van der Waals surface area contributed by atoms with Gasteiger partial charge in [-0.3, -0.25) is 10.0 Å². The molecule has 0 atom stereocenters. The summed E-state index contributed by atoms with van der Waals surface area (Å²) in [5, 5.41) is 8.20. The first-order valence-corrected chi connectivity index (χ1v) is 3.65. The lowest BCUT2D eigenvalue weighted by Gasteiger charge is -2.07. The van der Waals surface area contributed by atoms with Gasteiger partial charge in [-0.1, -0.05) is 0 Å². The average Bonchev–Trinajstić information content (AvgIpc) is 2.66. The normalized spacial score (nSPS) is 21.1. The predicted molar refractivity (Wildman–Crippen MR) is 39.0 cm³/mol. The van der Waals surface area contributed by atoms with E-state index in [0.717, 1.165) is 12.8 Å². The monoisotopic (exact) mass is 242 g/mol. The van der Waals surface area contributed by atoms with Crippen molar-refractivity contribution in [1.29, 1.82) is 0 Å². The SMILES string of the molecule is O=C(NO)C1(NI)CC1. The quantitative estimate of drug-likeness (QED) is 0.275. The van der Waals surface area contributed by atoms with E-state index in [4.69, 9.17) is 5.21 Å². The Kier molecular flexibility index (Phi) is 1.92. The van der Waals surface area contributed by atoms with E-state index in [1.54, 1.807) is 5.48 Å². The van der Waals surface area contributed by atoms with Crippen molar-refractivity contribution in [3.8, 4) is 0 Å². The molecule has 1 saturated carbocycles. The van der Waals surface area contributed by atoms with Gasteiger partial charge in [-0.15, -0.1) is 0 Å². The molecule has 52 valence electrons.